The third-order valence-electron chi connectivity index (χ3n) is 5.82. The van der Waals surface area contributed by atoms with Crippen molar-refractivity contribution in [2.45, 2.75) is 44.0 Å². The quantitative estimate of drug-likeness (QED) is 0.424. The van der Waals surface area contributed by atoms with Crippen LogP contribution in [0.5, 0.6) is 0 Å². The summed E-state index contributed by atoms with van der Waals surface area (Å²) in [6.45, 7) is 8.60. The van der Waals surface area contributed by atoms with Gasteiger partial charge >= 0.3 is 0 Å². The molecule has 3 aromatic rings. The first kappa shape index (κ1) is 23.0. The lowest BCUT2D eigenvalue weighted by Gasteiger charge is -2.35. The Labute approximate surface area is 199 Å². The van der Waals surface area contributed by atoms with Crippen molar-refractivity contribution in [2.24, 2.45) is 11.8 Å². The summed E-state index contributed by atoms with van der Waals surface area (Å²) >= 11 is 3.25. The SMILES string of the molecule is CC1CC(C)CN(Cc2ccc(CNC(=O)c3ccccc3SCc3cscn3)cc2)C1. The molecule has 168 valence electrons. The van der Waals surface area contributed by atoms with Gasteiger partial charge in [0.1, 0.15) is 0 Å². The third-order valence-corrected chi connectivity index (χ3v) is 7.56. The molecule has 1 N–H and O–H groups in total. The lowest BCUT2D eigenvalue weighted by Crippen LogP contribution is -2.38. The highest BCUT2D eigenvalue weighted by molar-refractivity contribution is 7.98. The fourth-order valence-corrected chi connectivity index (χ4v) is 6.08. The van der Waals surface area contributed by atoms with Crippen molar-refractivity contribution in [1.29, 1.82) is 0 Å². The molecule has 1 saturated heterocycles. The number of rotatable bonds is 8. The average Bonchev–Trinajstić information content (AvgIpc) is 3.30. The largest absolute Gasteiger partial charge is 0.348 e. The van der Waals surface area contributed by atoms with Crippen LogP contribution >= 0.6 is 23.1 Å². The van der Waals surface area contributed by atoms with Crippen LogP contribution in [0, 0.1) is 11.8 Å². The van der Waals surface area contributed by atoms with Crippen molar-refractivity contribution < 1.29 is 4.79 Å². The van der Waals surface area contributed by atoms with Gasteiger partial charge < -0.3 is 5.32 Å². The van der Waals surface area contributed by atoms with E-state index >= 15 is 0 Å². The van der Waals surface area contributed by atoms with Crippen molar-refractivity contribution in [3.8, 4) is 0 Å². The van der Waals surface area contributed by atoms with Crippen LogP contribution in [0.15, 0.2) is 64.3 Å². The number of benzene rings is 2. The molecule has 4 nitrogen and oxygen atoms in total. The summed E-state index contributed by atoms with van der Waals surface area (Å²) in [4.78, 5) is 20.7. The van der Waals surface area contributed by atoms with E-state index in [4.69, 9.17) is 0 Å². The minimum absolute atomic E-state index is 0.0354. The fraction of sp³-hybridized carbons (Fsp3) is 0.385. The molecule has 1 aliphatic rings. The van der Waals surface area contributed by atoms with Gasteiger partial charge in [0.25, 0.3) is 5.91 Å². The standard InChI is InChI=1S/C26H31N3OS2/c1-19-11-20(2)14-29(13-19)15-22-9-7-21(8-10-22)12-27-26(30)24-5-3-4-6-25(24)32-17-23-16-31-18-28-23/h3-10,16,18-20H,11-15,17H2,1-2H3,(H,27,30). The Kier molecular flexibility index (Phi) is 8.00. The number of carbonyl (C=O) groups is 1. The van der Waals surface area contributed by atoms with Crippen LogP contribution < -0.4 is 5.32 Å². The summed E-state index contributed by atoms with van der Waals surface area (Å²) in [6, 6.07) is 16.4. The van der Waals surface area contributed by atoms with Crippen LogP contribution in [-0.4, -0.2) is 28.9 Å². The molecular formula is C26H31N3OS2. The minimum atomic E-state index is -0.0354. The Bertz CT molecular complexity index is 994. The molecule has 0 spiro atoms. The van der Waals surface area contributed by atoms with Gasteiger partial charge in [-0.15, -0.1) is 23.1 Å². The molecular weight excluding hydrogens is 434 g/mol. The number of aromatic nitrogens is 1. The second-order valence-corrected chi connectivity index (χ2v) is 10.6. The van der Waals surface area contributed by atoms with E-state index in [1.165, 1.54) is 25.1 Å². The highest BCUT2D eigenvalue weighted by atomic mass is 32.2. The molecule has 6 heteroatoms. The van der Waals surface area contributed by atoms with Crippen molar-refractivity contribution in [3.05, 3.63) is 81.8 Å². The van der Waals surface area contributed by atoms with Crippen molar-refractivity contribution in [2.75, 3.05) is 13.1 Å². The third kappa shape index (κ3) is 6.44. The van der Waals surface area contributed by atoms with E-state index in [0.29, 0.717) is 6.54 Å². The number of nitrogens with one attached hydrogen (secondary N) is 1. The zero-order valence-corrected chi connectivity index (χ0v) is 20.4. The van der Waals surface area contributed by atoms with Gasteiger partial charge in [-0.05, 0) is 41.5 Å². The molecule has 1 aromatic heterocycles. The smallest absolute Gasteiger partial charge is 0.252 e. The normalized spacial score (nSPS) is 19.1. The number of amides is 1. The van der Waals surface area contributed by atoms with Crippen LogP contribution in [0.1, 0.15) is 47.4 Å². The molecule has 4 rings (SSSR count). The zero-order valence-electron chi connectivity index (χ0n) is 18.8. The summed E-state index contributed by atoms with van der Waals surface area (Å²) in [5.74, 6) is 2.28. The topological polar surface area (TPSA) is 45.2 Å². The number of hydrogen-bond acceptors (Lipinski definition) is 5. The number of likely N-dealkylation sites (tertiary alicyclic amines) is 1. The summed E-state index contributed by atoms with van der Waals surface area (Å²) < 4.78 is 0. The van der Waals surface area contributed by atoms with Crippen molar-refractivity contribution in [1.82, 2.24) is 15.2 Å². The Balaban J connectivity index is 1.30. The maximum atomic E-state index is 12.8. The van der Waals surface area contributed by atoms with E-state index in [0.717, 1.165) is 45.8 Å². The Morgan fingerprint density at radius 1 is 1.09 bits per heavy atom. The monoisotopic (exact) mass is 465 g/mol. The van der Waals surface area contributed by atoms with Crippen LogP contribution in [-0.2, 0) is 18.8 Å². The molecule has 2 atom stereocenters. The second kappa shape index (κ2) is 11.1. The second-order valence-electron chi connectivity index (χ2n) is 8.90. The summed E-state index contributed by atoms with van der Waals surface area (Å²) in [5, 5.41) is 5.13. The summed E-state index contributed by atoms with van der Waals surface area (Å²) in [5.41, 5.74) is 6.06. The molecule has 0 bridgehead atoms. The van der Waals surface area contributed by atoms with Crippen molar-refractivity contribution >= 4 is 29.0 Å². The predicted molar refractivity (Wildman–Crippen MR) is 134 cm³/mol. The first-order valence-electron chi connectivity index (χ1n) is 11.2. The molecule has 1 amide bonds. The van der Waals surface area contributed by atoms with Gasteiger partial charge in [-0.2, -0.15) is 0 Å². The van der Waals surface area contributed by atoms with E-state index in [1.807, 2.05) is 35.2 Å². The molecule has 2 heterocycles. The molecule has 1 fully saturated rings. The Morgan fingerprint density at radius 3 is 2.53 bits per heavy atom. The van der Waals surface area contributed by atoms with E-state index in [1.54, 1.807) is 23.1 Å². The molecule has 0 aliphatic carbocycles. The van der Waals surface area contributed by atoms with Crippen molar-refractivity contribution in [3.63, 3.8) is 0 Å². The summed E-state index contributed by atoms with van der Waals surface area (Å²) in [7, 11) is 0. The number of hydrogen-bond donors (Lipinski definition) is 1. The maximum Gasteiger partial charge on any atom is 0.252 e. The molecule has 1 aliphatic heterocycles. The highest BCUT2D eigenvalue weighted by Crippen LogP contribution is 2.26. The number of carbonyl (C=O) groups excluding carboxylic acids is 1. The lowest BCUT2D eigenvalue weighted by atomic mass is 9.91. The lowest BCUT2D eigenvalue weighted by molar-refractivity contribution is 0.0948. The molecule has 2 aromatic carbocycles. The number of thioether (sulfide) groups is 1. The van der Waals surface area contributed by atoms with Crippen LogP contribution in [0.3, 0.4) is 0 Å². The van der Waals surface area contributed by atoms with Gasteiger partial charge in [0.2, 0.25) is 0 Å². The van der Waals surface area contributed by atoms with Gasteiger partial charge in [0.05, 0.1) is 16.8 Å². The Hall–Kier alpha value is -2.15. The van der Waals surface area contributed by atoms with Gasteiger partial charge in [0.15, 0.2) is 0 Å². The Morgan fingerprint density at radius 2 is 1.81 bits per heavy atom. The first-order chi connectivity index (χ1) is 15.6. The number of thiazole rings is 1. The minimum Gasteiger partial charge on any atom is -0.348 e. The van der Waals surface area contributed by atoms with Gasteiger partial charge in [-0.3, -0.25) is 9.69 Å². The highest BCUT2D eigenvalue weighted by Gasteiger charge is 2.21. The maximum absolute atomic E-state index is 12.8. The fourth-order valence-electron chi connectivity index (χ4n) is 4.46. The predicted octanol–water partition coefficient (Wildman–Crippen LogP) is 5.84. The number of nitrogens with zero attached hydrogens (tertiary/aromatic N) is 2. The molecule has 0 radical (unpaired) electrons. The van der Waals surface area contributed by atoms with E-state index in [-0.39, 0.29) is 5.91 Å². The average molecular weight is 466 g/mol. The van der Waals surface area contributed by atoms with E-state index in [2.05, 4.69) is 53.3 Å². The van der Waals surface area contributed by atoms with Gasteiger partial charge in [-0.1, -0.05) is 50.2 Å². The molecule has 32 heavy (non-hydrogen) atoms. The van der Waals surface area contributed by atoms with Crippen LogP contribution in [0.25, 0.3) is 0 Å². The molecule has 2 unspecified atom stereocenters. The van der Waals surface area contributed by atoms with E-state index < -0.39 is 0 Å². The summed E-state index contributed by atoms with van der Waals surface area (Å²) in [6.07, 6.45) is 1.33. The van der Waals surface area contributed by atoms with Gasteiger partial charge in [0, 0.05) is 42.2 Å². The number of piperidine rings is 1. The molecule has 0 saturated carbocycles. The first-order valence-corrected chi connectivity index (χ1v) is 13.2. The van der Waals surface area contributed by atoms with Crippen LogP contribution in [0.2, 0.25) is 0 Å². The van der Waals surface area contributed by atoms with Crippen LogP contribution in [0.4, 0.5) is 0 Å². The zero-order chi connectivity index (χ0) is 22.3. The van der Waals surface area contributed by atoms with E-state index in [9.17, 15) is 4.79 Å². The van der Waals surface area contributed by atoms with Gasteiger partial charge in [-0.25, -0.2) is 4.98 Å².